The van der Waals surface area contributed by atoms with Gasteiger partial charge in [0.05, 0.1) is 6.54 Å². The summed E-state index contributed by atoms with van der Waals surface area (Å²) in [5, 5.41) is 20.4. The molecule has 0 bridgehead atoms. The number of halogens is 1. The van der Waals surface area contributed by atoms with Gasteiger partial charge in [-0.3, -0.25) is 4.99 Å². The molecule has 3 N–H and O–H groups in total. The van der Waals surface area contributed by atoms with E-state index in [0.717, 1.165) is 50.0 Å². The molecule has 0 radical (unpaired) electrons. The van der Waals surface area contributed by atoms with E-state index in [-0.39, 0.29) is 36.5 Å². The van der Waals surface area contributed by atoms with Crippen LogP contribution < -0.4 is 10.6 Å². The maximum absolute atomic E-state index is 9.11. The zero-order valence-corrected chi connectivity index (χ0v) is 16.6. The number of aliphatic hydroxyl groups is 1. The summed E-state index contributed by atoms with van der Waals surface area (Å²) < 4.78 is 2.01. The van der Waals surface area contributed by atoms with Crippen molar-refractivity contribution in [2.45, 2.75) is 52.6 Å². The van der Waals surface area contributed by atoms with E-state index in [1.54, 1.807) is 0 Å². The molecule has 0 fully saturated rings. The number of fused-ring (bicyclic) bond motifs is 1. The first-order chi connectivity index (χ1) is 10.7. The first-order valence-electron chi connectivity index (χ1n) is 8.24. The summed E-state index contributed by atoms with van der Waals surface area (Å²) in [5.41, 5.74) is 0. The van der Waals surface area contributed by atoms with Crippen LogP contribution in [-0.2, 0) is 19.4 Å². The standard InChI is InChI=1S/C15H28N6O.HI/c1-4-13-19-14-7-6-12(9-21(14)20-13)18-15(16-5-2)17-8-11(3)10-22;/h11-12,22H,4-10H2,1-3H3,(H2,16,17,18);1H. The molecule has 1 aromatic heterocycles. The molecule has 1 aliphatic rings. The Hall–Kier alpha value is -0.900. The van der Waals surface area contributed by atoms with E-state index in [0.29, 0.717) is 12.6 Å². The molecule has 132 valence electrons. The normalized spacial score (nSPS) is 18.8. The van der Waals surface area contributed by atoms with Crippen LogP contribution in [0.3, 0.4) is 0 Å². The smallest absolute Gasteiger partial charge is 0.191 e. The van der Waals surface area contributed by atoms with E-state index in [4.69, 9.17) is 5.11 Å². The third-order valence-electron chi connectivity index (χ3n) is 3.78. The Balaban J connectivity index is 0.00000264. The quantitative estimate of drug-likeness (QED) is 0.351. The van der Waals surface area contributed by atoms with Crippen LogP contribution in [0, 0.1) is 5.92 Å². The van der Waals surface area contributed by atoms with Crippen molar-refractivity contribution in [3.05, 3.63) is 11.6 Å². The number of aliphatic imine (C=N–C) groups is 1. The number of aryl methyl sites for hydroxylation is 2. The van der Waals surface area contributed by atoms with Gasteiger partial charge in [-0.1, -0.05) is 13.8 Å². The van der Waals surface area contributed by atoms with Gasteiger partial charge in [-0.2, -0.15) is 5.10 Å². The molecule has 0 amide bonds. The van der Waals surface area contributed by atoms with Gasteiger partial charge in [-0.05, 0) is 19.3 Å². The van der Waals surface area contributed by atoms with Crippen molar-refractivity contribution < 1.29 is 5.11 Å². The van der Waals surface area contributed by atoms with Crippen molar-refractivity contribution in [2.24, 2.45) is 10.9 Å². The molecule has 23 heavy (non-hydrogen) atoms. The van der Waals surface area contributed by atoms with Crippen LogP contribution in [0.5, 0.6) is 0 Å². The lowest BCUT2D eigenvalue weighted by Crippen LogP contribution is -2.47. The van der Waals surface area contributed by atoms with Crippen LogP contribution in [0.25, 0.3) is 0 Å². The molecule has 2 unspecified atom stereocenters. The summed E-state index contributed by atoms with van der Waals surface area (Å²) in [6.45, 7) is 8.54. The average molecular weight is 436 g/mol. The largest absolute Gasteiger partial charge is 0.396 e. The van der Waals surface area contributed by atoms with Gasteiger partial charge in [0.15, 0.2) is 11.8 Å². The number of nitrogens with zero attached hydrogens (tertiary/aromatic N) is 4. The first kappa shape index (κ1) is 20.1. The van der Waals surface area contributed by atoms with E-state index in [1.165, 1.54) is 0 Å². The Bertz CT molecular complexity index is 504. The van der Waals surface area contributed by atoms with Gasteiger partial charge in [0.25, 0.3) is 0 Å². The van der Waals surface area contributed by atoms with Crippen LogP contribution in [-0.4, -0.2) is 51.6 Å². The first-order valence-corrected chi connectivity index (χ1v) is 8.24. The number of hydrogen-bond donors (Lipinski definition) is 3. The Morgan fingerprint density at radius 1 is 1.48 bits per heavy atom. The summed E-state index contributed by atoms with van der Waals surface area (Å²) in [6, 6.07) is 0.307. The SMILES string of the molecule is CCNC(=NCC(C)CO)NC1CCc2nc(CC)nn2C1.I. The van der Waals surface area contributed by atoms with E-state index in [2.05, 4.69) is 39.6 Å². The summed E-state index contributed by atoms with van der Waals surface area (Å²) in [4.78, 5) is 9.09. The fourth-order valence-corrected chi connectivity index (χ4v) is 2.45. The molecule has 0 spiro atoms. The molecule has 0 aliphatic carbocycles. The molecule has 2 heterocycles. The molecular weight excluding hydrogens is 407 g/mol. The predicted molar refractivity (Wildman–Crippen MR) is 102 cm³/mol. The maximum atomic E-state index is 9.11. The number of aromatic nitrogens is 3. The third-order valence-corrected chi connectivity index (χ3v) is 3.78. The number of guanidine groups is 1. The zero-order valence-electron chi connectivity index (χ0n) is 14.2. The van der Waals surface area contributed by atoms with Crippen molar-refractivity contribution in [1.29, 1.82) is 0 Å². The molecule has 0 aromatic carbocycles. The van der Waals surface area contributed by atoms with Crippen molar-refractivity contribution >= 4 is 29.9 Å². The van der Waals surface area contributed by atoms with Gasteiger partial charge in [0.1, 0.15) is 5.82 Å². The summed E-state index contributed by atoms with van der Waals surface area (Å²) in [7, 11) is 0. The topological polar surface area (TPSA) is 87.4 Å². The lowest BCUT2D eigenvalue weighted by Gasteiger charge is -2.25. The summed E-state index contributed by atoms with van der Waals surface area (Å²) in [5.74, 6) is 3.00. The maximum Gasteiger partial charge on any atom is 0.191 e. The monoisotopic (exact) mass is 436 g/mol. The van der Waals surface area contributed by atoms with Crippen molar-refractivity contribution in [1.82, 2.24) is 25.4 Å². The van der Waals surface area contributed by atoms with E-state index < -0.39 is 0 Å². The summed E-state index contributed by atoms with van der Waals surface area (Å²) in [6.07, 6.45) is 2.85. The molecule has 1 aromatic rings. The van der Waals surface area contributed by atoms with Crippen LogP contribution in [0.2, 0.25) is 0 Å². The molecule has 2 rings (SSSR count). The second-order valence-electron chi connectivity index (χ2n) is 5.87. The van der Waals surface area contributed by atoms with E-state index in [9.17, 15) is 0 Å². The Morgan fingerprint density at radius 3 is 2.91 bits per heavy atom. The summed E-state index contributed by atoms with van der Waals surface area (Å²) >= 11 is 0. The minimum Gasteiger partial charge on any atom is -0.396 e. The number of hydrogen-bond acceptors (Lipinski definition) is 4. The fraction of sp³-hybridized carbons (Fsp3) is 0.800. The predicted octanol–water partition coefficient (Wildman–Crippen LogP) is 0.957. The average Bonchev–Trinajstić information content (AvgIpc) is 2.94. The molecule has 8 heteroatoms. The fourth-order valence-electron chi connectivity index (χ4n) is 2.45. The molecule has 1 aliphatic heterocycles. The minimum atomic E-state index is 0. The highest BCUT2D eigenvalue weighted by Gasteiger charge is 2.22. The van der Waals surface area contributed by atoms with Crippen LogP contribution in [0.4, 0.5) is 0 Å². The van der Waals surface area contributed by atoms with Crippen molar-refractivity contribution in [3.8, 4) is 0 Å². The zero-order chi connectivity index (χ0) is 15.9. The Kier molecular flexibility index (Phi) is 8.82. The highest BCUT2D eigenvalue weighted by Crippen LogP contribution is 2.13. The molecule has 0 saturated carbocycles. The van der Waals surface area contributed by atoms with Gasteiger partial charge in [-0.15, -0.1) is 24.0 Å². The highest BCUT2D eigenvalue weighted by atomic mass is 127. The van der Waals surface area contributed by atoms with Gasteiger partial charge in [-0.25, -0.2) is 9.67 Å². The lowest BCUT2D eigenvalue weighted by molar-refractivity contribution is 0.241. The van der Waals surface area contributed by atoms with Crippen molar-refractivity contribution in [2.75, 3.05) is 19.7 Å². The van der Waals surface area contributed by atoms with Crippen LogP contribution >= 0.6 is 24.0 Å². The Labute approximate surface area is 155 Å². The van der Waals surface area contributed by atoms with E-state index in [1.807, 2.05) is 11.6 Å². The number of rotatable bonds is 6. The molecular formula is C15H29IN6O. The van der Waals surface area contributed by atoms with Crippen LogP contribution in [0.1, 0.15) is 38.8 Å². The second kappa shape index (κ2) is 10.1. The minimum absolute atomic E-state index is 0. The van der Waals surface area contributed by atoms with Gasteiger partial charge < -0.3 is 15.7 Å². The number of nitrogens with one attached hydrogen (secondary N) is 2. The van der Waals surface area contributed by atoms with E-state index >= 15 is 0 Å². The molecule has 2 atom stereocenters. The highest BCUT2D eigenvalue weighted by molar-refractivity contribution is 14.0. The van der Waals surface area contributed by atoms with Crippen molar-refractivity contribution in [3.63, 3.8) is 0 Å². The second-order valence-corrected chi connectivity index (χ2v) is 5.87. The lowest BCUT2D eigenvalue weighted by atomic mass is 10.1. The molecule has 7 nitrogen and oxygen atoms in total. The van der Waals surface area contributed by atoms with Crippen LogP contribution in [0.15, 0.2) is 4.99 Å². The van der Waals surface area contributed by atoms with Gasteiger partial charge in [0, 0.05) is 38.6 Å². The molecule has 0 saturated heterocycles. The van der Waals surface area contributed by atoms with Gasteiger partial charge >= 0.3 is 0 Å². The van der Waals surface area contributed by atoms with Gasteiger partial charge in [0.2, 0.25) is 0 Å². The third kappa shape index (κ3) is 5.91. The number of aliphatic hydroxyl groups excluding tert-OH is 1. The Morgan fingerprint density at radius 2 is 2.26 bits per heavy atom.